The van der Waals surface area contributed by atoms with Crippen LogP contribution in [0.2, 0.25) is 5.02 Å². The molecule has 1 N–H and O–H groups in total. The van der Waals surface area contributed by atoms with Crippen LogP contribution in [-0.2, 0) is 4.57 Å². The van der Waals surface area contributed by atoms with Crippen LogP contribution in [0, 0.1) is 24.4 Å². The van der Waals surface area contributed by atoms with Crippen molar-refractivity contribution in [2.24, 2.45) is 0 Å². The first kappa shape index (κ1) is 25.1. The normalized spacial score (nSPS) is 12.7. The summed E-state index contributed by atoms with van der Waals surface area (Å²) < 4.78 is 55.1. The van der Waals surface area contributed by atoms with Gasteiger partial charge in [-0.05, 0) is 56.5 Å². The fraction of sp³-hybridized carbons (Fsp3) is 0.240. The zero-order chi connectivity index (χ0) is 25.5. The minimum absolute atomic E-state index is 0.0215. The van der Waals surface area contributed by atoms with E-state index < -0.39 is 30.6 Å². The van der Waals surface area contributed by atoms with Crippen molar-refractivity contribution in [3.8, 4) is 11.3 Å². The lowest BCUT2D eigenvalue weighted by molar-refractivity contribution is 0.574. The smallest absolute Gasteiger partial charge is 0.151 e. The lowest BCUT2D eigenvalue weighted by Crippen LogP contribution is -2.12. The molecule has 0 aliphatic rings. The Hall–Kier alpha value is -2.96. The zero-order valence-electron chi connectivity index (χ0n) is 19.5. The highest BCUT2D eigenvalue weighted by Gasteiger charge is 2.21. The van der Waals surface area contributed by atoms with E-state index in [0.29, 0.717) is 39.9 Å². The van der Waals surface area contributed by atoms with Crippen LogP contribution in [0.3, 0.4) is 0 Å². The minimum atomic E-state index is -2.57. The predicted octanol–water partition coefficient (Wildman–Crippen LogP) is 6.88. The Bertz CT molecular complexity index is 1450. The number of anilines is 1. The molecule has 0 saturated carbocycles. The van der Waals surface area contributed by atoms with Gasteiger partial charge in [0.1, 0.15) is 30.0 Å². The lowest BCUT2D eigenvalue weighted by atomic mass is 10.0. The molecule has 182 valence electrons. The highest BCUT2D eigenvalue weighted by Crippen LogP contribution is 2.37. The van der Waals surface area contributed by atoms with Crippen LogP contribution in [0.5, 0.6) is 0 Å². The fourth-order valence-electron chi connectivity index (χ4n) is 3.81. The first-order chi connectivity index (χ1) is 16.5. The van der Waals surface area contributed by atoms with E-state index in [9.17, 15) is 13.3 Å². The van der Waals surface area contributed by atoms with Gasteiger partial charge in [-0.1, -0.05) is 18.5 Å². The maximum Gasteiger partial charge on any atom is 0.151 e. The molecular formula is C25H23ClF3N4OP. The highest BCUT2D eigenvalue weighted by molar-refractivity contribution is 7.69. The molecular weight excluding hydrogens is 496 g/mol. The van der Waals surface area contributed by atoms with Gasteiger partial charge in [-0.25, -0.2) is 23.1 Å². The van der Waals surface area contributed by atoms with Gasteiger partial charge in [-0.2, -0.15) is 0 Å². The van der Waals surface area contributed by atoms with E-state index in [2.05, 4.69) is 20.3 Å². The second kappa shape index (κ2) is 9.59. The van der Waals surface area contributed by atoms with Crippen molar-refractivity contribution in [2.45, 2.75) is 26.3 Å². The van der Waals surface area contributed by atoms with E-state index in [1.807, 2.05) is 6.92 Å². The van der Waals surface area contributed by atoms with E-state index in [4.69, 9.17) is 11.6 Å². The monoisotopic (exact) mass is 518 g/mol. The Balaban J connectivity index is 1.85. The molecule has 3 heterocycles. The van der Waals surface area contributed by atoms with Crippen molar-refractivity contribution in [1.29, 1.82) is 0 Å². The summed E-state index contributed by atoms with van der Waals surface area (Å²) >= 11 is 6.58. The first-order valence-corrected chi connectivity index (χ1v) is 13.9. The number of aryl methyl sites for hydroxylation is 1. The summed E-state index contributed by atoms with van der Waals surface area (Å²) in [6.45, 7) is 6.74. The summed E-state index contributed by atoms with van der Waals surface area (Å²) in [5.41, 5.74) is 2.64. The molecule has 10 heteroatoms. The number of benzene rings is 1. The van der Waals surface area contributed by atoms with Gasteiger partial charge in [0.05, 0.1) is 33.4 Å². The van der Waals surface area contributed by atoms with Gasteiger partial charge < -0.3 is 9.88 Å². The molecule has 0 spiro atoms. The largest absolute Gasteiger partial charge is 0.375 e. The second-order valence-electron chi connectivity index (χ2n) is 8.64. The van der Waals surface area contributed by atoms with Gasteiger partial charge in [-0.3, -0.25) is 4.98 Å². The number of pyridine rings is 3. The Morgan fingerprint density at radius 2 is 1.74 bits per heavy atom. The summed E-state index contributed by atoms with van der Waals surface area (Å²) in [5, 5.41) is 3.50. The molecule has 0 aliphatic heterocycles. The minimum Gasteiger partial charge on any atom is -0.375 e. The fourth-order valence-corrected chi connectivity index (χ4v) is 4.77. The van der Waals surface area contributed by atoms with Gasteiger partial charge in [0.2, 0.25) is 0 Å². The standard InChI is InChI=1S/C25H23ClF3N4OP/c1-5-19(15-8-16(27)10-17(28)9-15)32-25-22(26)13(2)31-20-11-18(29)23(33-24(20)25)14-6-7-21(30-12-14)35(3,4)34/h6-12,19H,5H2,1-4H3,(H,31,32)/t19-/m0/s1. The molecule has 1 aromatic carbocycles. The third-order valence-electron chi connectivity index (χ3n) is 5.61. The van der Waals surface area contributed by atoms with Crippen molar-refractivity contribution < 1.29 is 17.7 Å². The lowest BCUT2D eigenvalue weighted by Gasteiger charge is -2.22. The molecule has 4 aromatic rings. The quantitative estimate of drug-likeness (QED) is 0.282. The Morgan fingerprint density at radius 3 is 2.31 bits per heavy atom. The number of fused-ring (bicyclic) bond motifs is 1. The van der Waals surface area contributed by atoms with Crippen molar-refractivity contribution in [3.05, 3.63) is 76.3 Å². The summed E-state index contributed by atoms with van der Waals surface area (Å²) in [5.74, 6) is -1.99. The molecule has 4 rings (SSSR count). The third-order valence-corrected chi connectivity index (χ3v) is 7.44. The molecule has 0 saturated heterocycles. The number of rotatable bonds is 6. The first-order valence-electron chi connectivity index (χ1n) is 10.9. The van der Waals surface area contributed by atoms with Gasteiger partial charge in [0.15, 0.2) is 5.82 Å². The van der Waals surface area contributed by atoms with Gasteiger partial charge >= 0.3 is 0 Å². The molecule has 5 nitrogen and oxygen atoms in total. The van der Waals surface area contributed by atoms with Crippen LogP contribution in [0.1, 0.15) is 30.6 Å². The molecule has 0 amide bonds. The number of nitrogens with zero attached hydrogens (tertiary/aromatic N) is 3. The van der Waals surface area contributed by atoms with Crippen molar-refractivity contribution >= 4 is 40.9 Å². The van der Waals surface area contributed by atoms with Gasteiger partial charge in [-0.15, -0.1) is 0 Å². The van der Waals surface area contributed by atoms with E-state index in [1.54, 1.807) is 32.4 Å². The topological polar surface area (TPSA) is 67.8 Å². The molecule has 0 radical (unpaired) electrons. The molecule has 0 bridgehead atoms. The molecule has 0 unspecified atom stereocenters. The van der Waals surface area contributed by atoms with Crippen LogP contribution >= 0.6 is 18.7 Å². The second-order valence-corrected chi connectivity index (χ2v) is 12.2. The maximum absolute atomic E-state index is 15.1. The summed E-state index contributed by atoms with van der Waals surface area (Å²) in [7, 11) is -2.57. The van der Waals surface area contributed by atoms with Crippen LogP contribution in [0.25, 0.3) is 22.3 Å². The van der Waals surface area contributed by atoms with Gasteiger partial charge in [0, 0.05) is 23.9 Å². The molecule has 0 fully saturated rings. The van der Waals surface area contributed by atoms with Gasteiger partial charge in [0.25, 0.3) is 0 Å². The summed E-state index contributed by atoms with van der Waals surface area (Å²) in [4.78, 5) is 13.1. The Labute approximate surface area is 206 Å². The van der Waals surface area contributed by atoms with E-state index in [-0.39, 0.29) is 16.2 Å². The Kier molecular flexibility index (Phi) is 6.89. The van der Waals surface area contributed by atoms with E-state index in [1.165, 1.54) is 24.4 Å². The number of hydrogen-bond acceptors (Lipinski definition) is 5. The predicted molar refractivity (Wildman–Crippen MR) is 135 cm³/mol. The summed E-state index contributed by atoms with van der Waals surface area (Å²) in [6.07, 6.45) is 1.91. The molecule has 0 aliphatic carbocycles. The third kappa shape index (κ3) is 5.19. The van der Waals surface area contributed by atoms with Crippen molar-refractivity contribution in [2.75, 3.05) is 18.6 Å². The zero-order valence-corrected chi connectivity index (χ0v) is 21.2. The molecule has 35 heavy (non-hydrogen) atoms. The van der Waals surface area contributed by atoms with Crippen molar-refractivity contribution in [1.82, 2.24) is 15.0 Å². The molecule has 1 atom stereocenters. The number of halogens is 4. The number of aromatic nitrogens is 3. The van der Waals surface area contributed by atoms with Crippen LogP contribution < -0.4 is 10.8 Å². The average Bonchev–Trinajstić information content (AvgIpc) is 2.78. The van der Waals surface area contributed by atoms with Crippen LogP contribution in [0.4, 0.5) is 18.9 Å². The number of nitrogens with one attached hydrogen (secondary N) is 1. The number of hydrogen-bond donors (Lipinski definition) is 1. The highest BCUT2D eigenvalue weighted by atomic mass is 35.5. The SMILES string of the molecule is CC[C@H](Nc1c(Cl)c(C)nc2cc(F)c(-c3ccc(P(C)(C)=O)nc3)nc12)c1cc(F)cc(F)c1. The van der Waals surface area contributed by atoms with E-state index in [0.717, 1.165) is 6.07 Å². The maximum atomic E-state index is 15.1. The average molecular weight is 519 g/mol. The van der Waals surface area contributed by atoms with Crippen LogP contribution in [0.15, 0.2) is 42.6 Å². The van der Waals surface area contributed by atoms with Crippen molar-refractivity contribution in [3.63, 3.8) is 0 Å². The summed E-state index contributed by atoms with van der Waals surface area (Å²) in [6, 6.07) is 7.27. The van der Waals surface area contributed by atoms with E-state index >= 15 is 4.39 Å². The Morgan fingerprint density at radius 1 is 1.06 bits per heavy atom. The molecule has 3 aromatic heterocycles. The van der Waals surface area contributed by atoms with Crippen LogP contribution in [-0.4, -0.2) is 28.3 Å².